The number of nitro groups is 1. The maximum Gasteiger partial charge on any atom is 0.311 e. The number of anilines is 1. The third-order valence-electron chi connectivity index (χ3n) is 3.58. The highest BCUT2D eigenvalue weighted by Crippen LogP contribution is 2.24. The van der Waals surface area contributed by atoms with Crippen LogP contribution in [0.3, 0.4) is 0 Å². The zero-order valence-electron chi connectivity index (χ0n) is 13.3. The second-order valence-corrected chi connectivity index (χ2v) is 5.54. The lowest BCUT2D eigenvalue weighted by molar-refractivity contribution is -0.384. The molecule has 1 heterocycles. The summed E-state index contributed by atoms with van der Waals surface area (Å²) >= 11 is 0. The number of carbonyl (C=O) groups is 1. The van der Waals surface area contributed by atoms with Crippen molar-refractivity contribution < 1.29 is 14.8 Å². The summed E-state index contributed by atoms with van der Waals surface area (Å²) in [6.45, 7) is 1.75. The van der Waals surface area contributed by atoms with Crippen LogP contribution in [0.5, 0.6) is 0 Å². The van der Waals surface area contributed by atoms with Crippen LogP contribution in [0.4, 0.5) is 11.5 Å². The molecule has 0 spiro atoms. The summed E-state index contributed by atoms with van der Waals surface area (Å²) < 4.78 is 0. The molecule has 7 heteroatoms. The van der Waals surface area contributed by atoms with E-state index in [0.717, 1.165) is 5.56 Å². The average molecular weight is 329 g/mol. The van der Waals surface area contributed by atoms with Crippen molar-refractivity contribution in [3.8, 4) is 0 Å². The summed E-state index contributed by atoms with van der Waals surface area (Å²) in [6, 6.07) is 12.3. The molecule has 0 aliphatic rings. The highest BCUT2D eigenvalue weighted by molar-refractivity contribution is 5.67. The minimum atomic E-state index is -0.901. The third kappa shape index (κ3) is 5.05. The summed E-state index contributed by atoms with van der Waals surface area (Å²) in [5, 5.41) is 23.2. The molecule has 126 valence electrons. The Balaban J connectivity index is 2.22. The molecule has 0 amide bonds. The van der Waals surface area contributed by atoms with E-state index in [-0.39, 0.29) is 24.0 Å². The number of nitrogens with one attached hydrogen (secondary N) is 1. The quantitative estimate of drug-likeness (QED) is 0.569. The second-order valence-electron chi connectivity index (χ2n) is 5.54. The van der Waals surface area contributed by atoms with Gasteiger partial charge in [0.2, 0.25) is 5.82 Å². The predicted octanol–water partition coefficient (Wildman–Crippen LogP) is 3.19. The Labute approximate surface area is 139 Å². The number of aryl methyl sites for hydroxylation is 1. The number of aliphatic carboxylic acids is 1. The molecule has 0 bridgehead atoms. The van der Waals surface area contributed by atoms with Crippen LogP contribution in [0.2, 0.25) is 0 Å². The van der Waals surface area contributed by atoms with Crippen LogP contribution in [-0.4, -0.2) is 27.0 Å². The molecule has 0 aliphatic heterocycles. The van der Waals surface area contributed by atoms with Crippen molar-refractivity contribution in [3.63, 3.8) is 0 Å². The van der Waals surface area contributed by atoms with Crippen molar-refractivity contribution in [3.05, 3.63) is 63.8 Å². The predicted molar refractivity (Wildman–Crippen MR) is 90.1 cm³/mol. The molecular weight excluding hydrogens is 310 g/mol. The number of pyridine rings is 1. The van der Waals surface area contributed by atoms with Crippen molar-refractivity contribution in [2.45, 2.75) is 32.2 Å². The smallest absolute Gasteiger partial charge is 0.311 e. The first kappa shape index (κ1) is 17.4. The first-order valence-electron chi connectivity index (χ1n) is 7.60. The van der Waals surface area contributed by atoms with E-state index in [1.165, 1.54) is 6.07 Å². The number of rotatable bonds is 8. The van der Waals surface area contributed by atoms with Gasteiger partial charge in [0.15, 0.2) is 0 Å². The molecule has 0 fully saturated rings. The number of benzene rings is 1. The van der Waals surface area contributed by atoms with Crippen molar-refractivity contribution >= 4 is 17.5 Å². The fourth-order valence-corrected chi connectivity index (χ4v) is 2.42. The van der Waals surface area contributed by atoms with Crippen LogP contribution in [0.25, 0.3) is 0 Å². The molecule has 7 nitrogen and oxygen atoms in total. The van der Waals surface area contributed by atoms with E-state index in [1.54, 1.807) is 13.0 Å². The van der Waals surface area contributed by atoms with Gasteiger partial charge in [0.05, 0.1) is 4.92 Å². The number of aromatic nitrogens is 1. The van der Waals surface area contributed by atoms with Gasteiger partial charge in [0.25, 0.3) is 0 Å². The summed E-state index contributed by atoms with van der Waals surface area (Å²) in [6.07, 6.45) is 0.877. The van der Waals surface area contributed by atoms with Crippen molar-refractivity contribution in [1.29, 1.82) is 0 Å². The van der Waals surface area contributed by atoms with Crippen molar-refractivity contribution in [1.82, 2.24) is 4.98 Å². The number of hydrogen-bond acceptors (Lipinski definition) is 5. The normalized spacial score (nSPS) is 11.7. The lowest BCUT2D eigenvalue weighted by Gasteiger charge is -2.19. The molecule has 2 aromatic rings. The van der Waals surface area contributed by atoms with E-state index in [2.05, 4.69) is 10.3 Å². The molecule has 0 saturated heterocycles. The zero-order valence-corrected chi connectivity index (χ0v) is 13.3. The van der Waals surface area contributed by atoms with Gasteiger partial charge in [-0.1, -0.05) is 30.3 Å². The van der Waals surface area contributed by atoms with Gasteiger partial charge in [-0.2, -0.15) is 0 Å². The Bertz CT molecular complexity index is 719. The fraction of sp³-hybridized carbons (Fsp3) is 0.294. The molecule has 1 aromatic heterocycles. The Morgan fingerprint density at radius 2 is 2.00 bits per heavy atom. The minimum Gasteiger partial charge on any atom is -0.481 e. The van der Waals surface area contributed by atoms with Gasteiger partial charge in [0.1, 0.15) is 0 Å². The standard InChI is InChI=1S/C17H19N3O4/c1-12-7-9-15(20(23)24)17(18-12)19-14(8-10-16(21)22)11-13-5-3-2-4-6-13/h2-7,9,14H,8,10-11H2,1H3,(H,18,19)(H,21,22). The van der Waals surface area contributed by atoms with Gasteiger partial charge < -0.3 is 10.4 Å². The molecule has 24 heavy (non-hydrogen) atoms. The highest BCUT2D eigenvalue weighted by atomic mass is 16.6. The van der Waals surface area contributed by atoms with E-state index in [9.17, 15) is 14.9 Å². The number of nitrogens with zero attached hydrogens (tertiary/aromatic N) is 2. The maximum atomic E-state index is 11.2. The van der Waals surface area contributed by atoms with Crippen LogP contribution < -0.4 is 5.32 Å². The number of carboxylic acids is 1. The van der Waals surface area contributed by atoms with Gasteiger partial charge >= 0.3 is 11.7 Å². The number of carboxylic acid groups (broad SMARTS) is 1. The SMILES string of the molecule is Cc1ccc([N+](=O)[O-])c(NC(CCC(=O)O)Cc2ccccc2)n1. The Morgan fingerprint density at radius 1 is 1.29 bits per heavy atom. The second kappa shape index (κ2) is 8.05. The molecule has 1 atom stereocenters. The maximum absolute atomic E-state index is 11.2. The van der Waals surface area contributed by atoms with Gasteiger partial charge in [0, 0.05) is 24.2 Å². The summed E-state index contributed by atoms with van der Waals surface area (Å²) in [4.78, 5) is 25.8. The monoisotopic (exact) mass is 329 g/mol. The first-order valence-corrected chi connectivity index (χ1v) is 7.60. The summed E-state index contributed by atoms with van der Waals surface area (Å²) in [7, 11) is 0. The molecule has 1 unspecified atom stereocenters. The van der Waals surface area contributed by atoms with Crippen LogP contribution in [0.15, 0.2) is 42.5 Å². The number of hydrogen-bond donors (Lipinski definition) is 2. The lowest BCUT2D eigenvalue weighted by Crippen LogP contribution is -2.24. The van der Waals surface area contributed by atoms with E-state index >= 15 is 0 Å². The third-order valence-corrected chi connectivity index (χ3v) is 3.58. The van der Waals surface area contributed by atoms with Crippen LogP contribution in [0, 0.1) is 17.0 Å². The zero-order chi connectivity index (χ0) is 17.5. The molecule has 0 saturated carbocycles. The Kier molecular flexibility index (Phi) is 5.83. The molecule has 1 aromatic carbocycles. The van der Waals surface area contributed by atoms with Gasteiger partial charge in [-0.25, -0.2) is 4.98 Å². The van der Waals surface area contributed by atoms with Crippen LogP contribution in [0.1, 0.15) is 24.1 Å². The molecule has 0 aliphatic carbocycles. The van der Waals surface area contributed by atoms with Gasteiger partial charge in [-0.15, -0.1) is 0 Å². The highest BCUT2D eigenvalue weighted by Gasteiger charge is 2.20. The molecule has 2 rings (SSSR count). The van der Waals surface area contributed by atoms with E-state index in [0.29, 0.717) is 18.5 Å². The lowest BCUT2D eigenvalue weighted by atomic mass is 10.0. The van der Waals surface area contributed by atoms with Crippen molar-refractivity contribution in [2.75, 3.05) is 5.32 Å². The molecule has 0 radical (unpaired) electrons. The fourth-order valence-electron chi connectivity index (χ4n) is 2.42. The van der Waals surface area contributed by atoms with E-state index in [4.69, 9.17) is 5.11 Å². The topological polar surface area (TPSA) is 105 Å². The summed E-state index contributed by atoms with van der Waals surface area (Å²) in [5.41, 5.74) is 1.56. The molecule has 2 N–H and O–H groups in total. The van der Waals surface area contributed by atoms with Crippen LogP contribution in [-0.2, 0) is 11.2 Å². The van der Waals surface area contributed by atoms with Gasteiger partial charge in [-0.3, -0.25) is 14.9 Å². The molecular formula is C17H19N3O4. The Morgan fingerprint density at radius 3 is 2.62 bits per heavy atom. The van der Waals surface area contributed by atoms with Gasteiger partial charge in [-0.05, 0) is 31.4 Å². The minimum absolute atomic E-state index is 0.0237. The Hall–Kier alpha value is -2.96. The summed E-state index contributed by atoms with van der Waals surface area (Å²) in [5.74, 6) is -0.729. The largest absolute Gasteiger partial charge is 0.481 e. The van der Waals surface area contributed by atoms with Crippen molar-refractivity contribution in [2.24, 2.45) is 0 Å². The average Bonchev–Trinajstić information content (AvgIpc) is 2.53. The van der Waals surface area contributed by atoms with E-state index < -0.39 is 10.9 Å². The van der Waals surface area contributed by atoms with Crippen LogP contribution >= 0.6 is 0 Å². The first-order chi connectivity index (χ1) is 11.5. The van der Waals surface area contributed by atoms with E-state index in [1.807, 2.05) is 30.3 Å².